The lowest BCUT2D eigenvalue weighted by molar-refractivity contribution is -0.752. The van der Waals surface area contributed by atoms with E-state index in [1.165, 1.54) is 82.9 Å². The van der Waals surface area contributed by atoms with Crippen molar-refractivity contribution in [3.63, 3.8) is 0 Å². The first-order chi connectivity index (χ1) is 20.6. The minimum Gasteiger partial charge on any atom is -0.296 e. The van der Waals surface area contributed by atoms with Gasteiger partial charge in [-0.3, -0.25) is 15.2 Å². The van der Waals surface area contributed by atoms with Crippen LogP contribution in [0.2, 0.25) is 0 Å². The molecular formula is C39H31N3+2. The zero-order valence-corrected chi connectivity index (χ0v) is 23.7. The summed E-state index contributed by atoms with van der Waals surface area (Å²) in [4.78, 5) is 0. The SMILES string of the molecule is CC1(C)c2ccccc2-c2cc(-c3cc4c5c(c3)c3ccccc3n5C3[NH2+]c5cc6ccccc6cc5[NH2+]C43)ccc21. The van der Waals surface area contributed by atoms with Crippen LogP contribution in [0.1, 0.15) is 42.7 Å². The van der Waals surface area contributed by atoms with Gasteiger partial charge in [0.25, 0.3) is 0 Å². The molecule has 0 spiro atoms. The molecule has 1 aromatic heterocycles. The first-order valence-electron chi connectivity index (χ1n) is 15.1. The van der Waals surface area contributed by atoms with Crippen LogP contribution in [-0.2, 0) is 5.41 Å². The van der Waals surface area contributed by atoms with Gasteiger partial charge in [-0.1, -0.05) is 92.7 Å². The Kier molecular flexibility index (Phi) is 4.24. The molecule has 6 aromatic carbocycles. The molecule has 0 fully saturated rings. The number of benzene rings is 6. The third kappa shape index (κ3) is 2.82. The van der Waals surface area contributed by atoms with Crippen molar-refractivity contribution in [2.75, 3.05) is 0 Å². The molecule has 2 atom stereocenters. The molecule has 4 N–H and O–H groups in total. The van der Waals surface area contributed by atoms with Crippen LogP contribution in [0.4, 0.5) is 11.4 Å². The molecule has 7 aromatic rings. The van der Waals surface area contributed by atoms with Crippen LogP contribution in [0.25, 0.3) is 54.8 Å². The third-order valence-electron chi connectivity index (χ3n) is 10.4. The Hall–Kier alpha value is -4.70. The summed E-state index contributed by atoms with van der Waals surface area (Å²) in [5.74, 6) is 0. The van der Waals surface area contributed by atoms with Gasteiger partial charge < -0.3 is 0 Å². The first-order valence-corrected chi connectivity index (χ1v) is 15.1. The van der Waals surface area contributed by atoms with E-state index in [2.05, 4.69) is 144 Å². The summed E-state index contributed by atoms with van der Waals surface area (Å²) in [7, 11) is 0. The second-order valence-electron chi connectivity index (χ2n) is 13.0. The highest BCUT2D eigenvalue weighted by molar-refractivity contribution is 6.11. The highest BCUT2D eigenvalue weighted by Crippen LogP contribution is 2.51. The molecule has 2 aliphatic heterocycles. The number of nitrogens with zero attached hydrogens (tertiary/aromatic N) is 1. The molecule has 0 saturated carbocycles. The summed E-state index contributed by atoms with van der Waals surface area (Å²) in [5, 5.41) is 10.4. The second-order valence-corrected chi connectivity index (χ2v) is 13.0. The maximum atomic E-state index is 2.62. The van der Waals surface area contributed by atoms with Gasteiger partial charge in [-0.05, 0) is 68.4 Å². The number of hydrogen-bond donors (Lipinski definition) is 2. The monoisotopic (exact) mass is 541 g/mol. The number of fused-ring (bicyclic) bond motifs is 11. The molecule has 0 radical (unpaired) electrons. The number of para-hydroxylation sites is 1. The largest absolute Gasteiger partial charge is 0.296 e. The van der Waals surface area contributed by atoms with Crippen LogP contribution < -0.4 is 10.6 Å². The van der Waals surface area contributed by atoms with Crippen LogP contribution in [0.15, 0.2) is 115 Å². The molecule has 0 amide bonds. The number of aromatic nitrogens is 1. The van der Waals surface area contributed by atoms with E-state index >= 15 is 0 Å². The van der Waals surface area contributed by atoms with Crippen molar-refractivity contribution in [2.24, 2.45) is 0 Å². The fourth-order valence-corrected chi connectivity index (χ4v) is 8.45. The maximum Gasteiger partial charge on any atom is 0.228 e. The number of rotatable bonds is 1. The van der Waals surface area contributed by atoms with Gasteiger partial charge in [0.1, 0.15) is 0 Å². The normalized spacial score (nSPS) is 19.2. The third-order valence-corrected chi connectivity index (χ3v) is 10.4. The van der Waals surface area contributed by atoms with E-state index in [-0.39, 0.29) is 11.6 Å². The quantitative estimate of drug-likeness (QED) is 0.201. The Balaban J connectivity index is 1.19. The van der Waals surface area contributed by atoms with Gasteiger partial charge in [-0.2, -0.15) is 0 Å². The lowest BCUT2D eigenvalue weighted by Crippen LogP contribution is -2.96. The summed E-state index contributed by atoms with van der Waals surface area (Å²) < 4.78 is 2.62. The molecule has 42 heavy (non-hydrogen) atoms. The zero-order chi connectivity index (χ0) is 27.7. The molecule has 3 heteroatoms. The molecule has 0 saturated heterocycles. The van der Waals surface area contributed by atoms with Crippen LogP contribution in [0.5, 0.6) is 0 Å². The van der Waals surface area contributed by atoms with E-state index in [9.17, 15) is 0 Å². The first kappa shape index (κ1) is 22.9. The predicted octanol–water partition coefficient (Wildman–Crippen LogP) is 7.58. The van der Waals surface area contributed by atoms with Crippen LogP contribution in [0, 0.1) is 0 Å². The molecule has 10 rings (SSSR count). The van der Waals surface area contributed by atoms with E-state index in [1.807, 2.05) is 0 Å². The molecule has 200 valence electrons. The smallest absolute Gasteiger partial charge is 0.228 e. The van der Waals surface area contributed by atoms with Crippen molar-refractivity contribution in [2.45, 2.75) is 31.5 Å². The van der Waals surface area contributed by atoms with Crippen molar-refractivity contribution < 1.29 is 10.6 Å². The Labute approximate surface area is 244 Å². The average Bonchev–Trinajstić information content (AvgIpc) is 3.61. The topological polar surface area (TPSA) is 38.1 Å². The fourth-order valence-electron chi connectivity index (χ4n) is 8.45. The van der Waals surface area contributed by atoms with Gasteiger partial charge in [-0.25, -0.2) is 0 Å². The van der Waals surface area contributed by atoms with Gasteiger partial charge in [0, 0.05) is 33.9 Å². The summed E-state index contributed by atoms with van der Waals surface area (Å²) >= 11 is 0. The Bertz CT molecular complexity index is 2300. The number of nitrogens with two attached hydrogens (primary N) is 2. The lowest BCUT2D eigenvalue weighted by Gasteiger charge is -2.26. The number of quaternary nitrogens is 2. The minimum atomic E-state index is 0.0214. The van der Waals surface area contributed by atoms with E-state index in [0.29, 0.717) is 6.04 Å². The minimum absolute atomic E-state index is 0.0214. The van der Waals surface area contributed by atoms with Crippen molar-refractivity contribution >= 4 is 44.0 Å². The summed E-state index contributed by atoms with van der Waals surface area (Å²) in [6.07, 6.45) is 0.277. The van der Waals surface area contributed by atoms with E-state index in [0.717, 1.165) is 0 Å². The molecule has 3 nitrogen and oxygen atoms in total. The molecular weight excluding hydrogens is 510 g/mol. The molecule has 3 heterocycles. The molecule has 0 bridgehead atoms. The number of hydrogen-bond acceptors (Lipinski definition) is 0. The Morgan fingerprint density at radius 1 is 0.595 bits per heavy atom. The predicted molar refractivity (Wildman–Crippen MR) is 171 cm³/mol. The van der Waals surface area contributed by atoms with Crippen LogP contribution in [0.3, 0.4) is 0 Å². The lowest BCUT2D eigenvalue weighted by atomic mass is 9.82. The van der Waals surface area contributed by atoms with Gasteiger partial charge in [0.05, 0.1) is 11.0 Å². The van der Waals surface area contributed by atoms with Gasteiger partial charge in [0.15, 0.2) is 17.4 Å². The van der Waals surface area contributed by atoms with Gasteiger partial charge >= 0.3 is 0 Å². The van der Waals surface area contributed by atoms with Crippen LogP contribution >= 0.6 is 0 Å². The summed E-state index contributed by atoms with van der Waals surface area (Å²) in [5.41, 5.74) is 15.1. The van der Waals surface area contributed by atoms with Crippen molar-refractivity contribution in [1.82, 2.24) is 4.57 Å². The van der Waals surface area contributed by atoms with Gasteiger partial charge in [0.2, 0.25) is 6.17 Å². The van der Waals surface area contributed by atoms with Crippen molar-refractivity contribution in [3.05, 3.63) is 132 Å². The summed E-state index contributed by atoms with van der Waals surface area (Å²) in [6, 6.07) is 43.8. The molecule has 2 unspecified atom stereocenters. The summed E-state index contributed by atoms with van der Waals surface area (Å²) in [6.45, 7) is 4.71. The average molecular weight is 542 g/mol. The zero-order valence-electron chi connectivity index (χ0n) is 23.7. The highest BCUT2D eigenvalue weighted by atomic mass is 15.3. The second kappa shape index (κ2) is 7.77. The molecule has 1 aliphatic carbocycles. The van der Waals surface area contributed by atoms with Gasteiger partial charge in [-0.15, -0.1) is 0 Å². The van der Waals surface area contributed by atoms with E-state index < -0.39 is 0 Å². The van der Waals surface area contributed by atoms with Crippen molar-refractivity contribution in [3.8, 4) is 22.3 Å². The fraction of sp³-hybridized carbons (Fsp3) is 0.128. The van der Waals surface area contributed by atoms with Crippen LogP contribution in [-0.4, -0.2) is 4.57 Å². The van der Waals surface area contributed by atoms with Crippen molar-refractivity contribution in [1.29, 1.82) is 0 Å². The van der Waals surface area contributed by atoms with E-state index in [4.69, 9.17) is 0 Å². The Morgan fingerprint density at radius 2 is 1.31 bits per heavy atom. The highest BCUT2D eigenvalue weighted by Gasteiger charge is 2.46. The maximum absolute atomic E-state index is 2.62. The standard InChI is InChI=1S/C39H29N3/c1-39(2)31-13-7-5-11-26(31)28-17-24(15-16-32(28)39)25-18-29-27-12-6-8-14-35(27)42-37(29)30(19-25)36-38(42)41-34-21-23-10-4-3-9-22(23)20-33(34)40-36/h3-21,36,38,40-41H,1-2H3/p+2. The molecule has 3 aliphatic rings. The Morgan fingerprint density at radius 3 is 2.17 bits per heavy atom. The van der Waals surface area contributed by atoms with E-state index in [1.54, 1.807) is 0 Å².